The SMILES string of the molecule is Cc1oc(-c2ccc(C(=O)NCc3ccc4c(c3)OCO4)cc2)nc1C[S@@](=O)c1ccccc1. The Morgan fingerprint density at radius 1 is 1.00 bits per heavy atom. The first-order chi connectivity index (χ1) is 16.6. The number of benzene rings is 3. The summed E-state index contributed by atoms with van der Waals surface area (Å²) in [6, 6.07) is 21.9. The maximum Gasteiger partial charge on any atom is 0.251 e. The number of rotatable bonds is 7. The Morgan fingerprint density at radius 3 is 2.56 bits per heavy atom. The first kappa shape index (κ1) is 21.9. The molecule has 172 valence electrons. The molecule has 0 radical (unpaired) electrons. The molecule has 0 aliphatic carbocycles. The van der Waals surface area contributed by atoms with Gasteiger partial charge in [-0.3, -0.25) is 9.00 Å². The Balaban J connectivity index is 1.23. The molecule has 1 atom stereocenters. The summed E-state index contributed by atoms with van der Waals surface area (Å²) in [6.45, 7) is 2.40. The van der Waals surface area contributed by atoms with E-state index in [4.69, 9.17) is 13.9 Å². The van der Waals surface area contributed by atoms with E-state index in [0.29, 0.717) is 41.0 Å². The number of amides is 1. The lowest BCUT2D eigenvalue weighted by molar-refractivity contribution is 0.0951. The van der Waals surface area contributed by atoms with E-state index in [0.717, 1.165) is 16.0 Å². The van der Waals surface area contributed by atoms with E-state index in [-0.39, 0.29) is 18.5 Å². The average molecular weight is 475 g/mol. The van der Waals surface area contributed by atoms with Crippen molar-refractivity contribution >= 4 is 16.7 Å². The van der Waals surface area contributed by atoms with Gasteiger partial charge >= 0.3 is 0 Å². The number of ether oxygens (including phenoxy) is 2. The highest BCUT2D eigenvalue weighted by Crippen LogP contribution is 2.32. The van der Waals surface area contributed by atoms with E-state index in [2.05, 4.69) is 10.3 Å². The van der Waals surface area contributed by atoms with Crippen molar-refractivity contribution in [3.8, 4) is 23.0 Å². The van der Waals surface area contributed by atoms with Crippen molar-refractivity contribution in [1.29, 1.82) is 0 Å². The third kappa shape index (κ3) is 4.72. The van der Waals surface area contributed by atoms with Crippen LogP contribution in [0.3, 0.4) is 0 Å². The van der Waals surface area contributed by atoms with E-state index < -0.39 is 10.8 Å². The summed E-state index contributed by atoms with van der Waals surface area (Å²) in [5.41, 5.74) is 2.85. The molecule has 0 bridgehead atoms. The van der Waals surface area contributed by atoms with Crippen molar-refractivity contribution in [2.24, 2.45) is 0 Å². The normalized spacial score (nSPS) is 13.0. The number of oxazole rings is 1. The third-order valence-corrected chi connectivity index (χ3v) is 6.78. The Morgan fingerprint density at radius 2 is 1.76 bits per heavy atom. The summed E-state index contributed by atoms with van der Waals surface area (Å²) >= 11 is 0. The fourth-order valence-electron chi connectivity index (χ4n) is 3.56. The topological polar surface area (TPSA) is 90.7 Å². The zero-order valence-corrected chi connectivity index (χ0v) is 19.3. The van der Waals surface area contributed by atoms with Gasteiger partial charge in [0.15, 0.2) is 11.5 Å². The lowest BCUT2D eigenvalue weighted by atomic mass is 10.1. The van der Waals surface area contributed by atoms with Crippen molar-refractivity contribution in [2.75, 3.05) is 6.79 Å². The maximum absolute atomic E-state index is 12.6. The van der Waals surface area contributed by atoms with E-state index in [1.807, 2.05) is 55.5 Å². The van der Waals surface area contributed by atoms with E-state index in [1.165, 1.54) is 0 Å². The largest absolute Gasteiger partial charge is 0.454 e. The predicted octanol–water partition coefficient (Wildman–Crippen LogP) is 4.62. The Hall–Kier alpha value is -3.91. The number of fused-ring (bicyclic) bond motifs is 1. The van der Waals surface area contributed by atoms with Gasteiger partial charge in [-0.1, -0.05) is 24.3 Å². The summed E-state index contributed by atoms with van der Waals surface area (Å²) in [6.07, 6.45) is 0. The minimum Gasteiger partial charge on any atom is -0.454 e. The molecule has 1 aliphatic rings. The molecule has 0 saturated carbocycles. The fourth-order valence-corrected chi connectivity index (χ4v) is 4.71. The van der Waals surface area contributed by atoms with Crippen molar-refractivity contribution in [3.05, 3.63) is 95.4 Å². The van der Waals surface area contributed by atoms with Gasteiger partial charge in [0.05, 0.1) is 22.2 Å². The van der Waals surface area contributed by atoms with Crippen LogP contribution >= 0.6 is 0 Å². The number of aromatic nitrogens is 1. The molecule has 0 saturated heterocycles. The monoisotopic (exact) mass is 474 g/mol. The van der Waals surface area contributed by atoms with Gasteiger partial charge in [-0.15, -0.1) is 0 Å². The minimum absolute atomic E-state index is 0.188. The van der Waals surface area contributed by atoms with Crippen LogP contribution in [-0.2, 0) is 23.1 Å². The molecule has 0 spiro atoms. The smallest absolute Gasteiger partial charge is 0.251 e. The molecular weight excluding hydrogens is 452 g/mol. The van der Waals surface area contributed by atoms with Crippen LogP contribution in [0.15, 0.2) is 82.1 Å². The van der Waals surface area contributed by atoms with Crippen molar-refractivity contribution < 1.29 is 22.9 Å². The second-order valence-electron chi connectivity index (χ2n) is 7.77. The minimum atomic E-state index is -1.21. The van der Waals surface area contributed by atoms with Crippen LogP contribution in [0.2, 0.25) is 0 Å². The highest BCUT2D eigenvalue weighted by atomic mass is 32.2. The zero-order valence-electron chi connectivity index (χ0n) is 18.4. The first-order valence-corrected chi connectivity index (χ1v) is 12.1. The average Bonchev–Trinajstić information content (AvgIpc) is 3.49. The molecule has 7 nitrogen and oxygen atoms in total. The first-order valence-electron chi connectivity index (χ1n) is 10.7. The lowest BCUT2D eigenvalue weighted by Crippen LogP contribution is -2.22. The summed E-state index contributed by atoms with van der Waals surface area (Å²) in [7, 11) is -1.21. The maximum atomic E-state index is 12.6. The van der Waals surface area contributed by atoms with Gasteiger partial charge in [-0.25, -0.2) is 4.98 Å². The summed E-state index contributed by atoms with van der Waals surface area (Å²) in [5.74, 6) is 2.55. The zero-order chi connectivity index (χ0) is 23.5. The number of hydrogen-bond acceptors (Lipinski definition) is 6. The molecule has 1 amide bonds. The number of hydrogen-bond donors (Lipinski definition) is 1. The van der Waals surface area contributed by atoms with Crippen LogP contribution in [0, 0.1) is 6.92 Å². The van der Waals surface area contributed by atoms with Crippen LogP contribution in [0.25, 0.3) is 11.5 Å². The van der Waals surface area contributed by atoms with Crippen molar-refractivity contribution in [2.45, 2.75) is 24.1 Å². The Kier molecular flexibility index (Phi) is 6.14. The highest BCUT2D eigenvalue weighted by Gasteiger charge is 2.16. The fraction of sp³-hybridized carbons (Fsp3) is 0.154. The highest BCUT2D eigenvalue weighted by molar-refractivity contribution is 7.84. The molecule has 34 heavy (non-hydrogen) atoms. The molecule has 3 aromatic carbocycles. The van der Waals surface area contributed by atoms with Gasteiger partial charge in [-0.2, -0.15) is 0 Å². The van der Waals surface area contributed by atoms with Gasteiger partial charge < -0.3 is 19.2 Å². The summed E-state index contributed by atoms with van der Waals surface area (Å²) < 4.78 is 29.1. The molecule has 2 heterocycles. The second kappa shape index (κ2) is 9.52. The lowest BCUT2D eigenvalue weighted by Gasteiger charge is -2.07. The number of carbonyl (C=O) groups is 1. The van der Waals surface area contributed by atoms with Gasteiger partial charge in [0.1, 0.15) is 5.76 Å². The third-order valence-electron chi connectivity index (χ3n) is 5.45. The van der Waals surface area contributed by atoms with Crippen LogP contribution in [0.1, 0.15) is 27.4 Å². The summed E-state index contributed by atoms with van der Waals surface area (Å²) in [4.78, 5) is 17.9. The van der Waals surface area contributed by atoms with Crippen LogP contribution < -0.4 is 14.8 Å². The van der Waals surface area contributed by atoms with E-state index in [9.17, 15) is 9.00 Å². The van der Waals surface area contributed by atoms with Crippen LogP contribution in [0.4, 0.5) is 0 Å². The molecule has 1 N–H and O–H groups in total. The number of carbonyl (C=O) groups excluding carboxylic acids is 1. The second-order valence-corrected chi connectivity index (χ2v) is 9.22. The quantitative estimate of drug-likeness (QED) is 0.420. The standard InChI is InChI=1S/C26H22N2O5S/c1-17-22(15-34(30)21-5-3-2-4-6-21)28-26(33-17)20-10-8-19(9-11-20)25(29)27-14-18-7-12-23-24(13-18)32-16-31-23/h2-13H,14-16H2,1H3,(H,27,29)/t34-/m1/s1. The van der Waals surface area contributed by atoms with Gasteiger partial charge in [0.25, 0.3) is 5.91 Å². The van der Waals surface area contributed by atoms with E-state index in [1.54, 1.807) is 24.3 Å². The predicted molar refractivity (Wildman–Crippen MR) is 127 cm³/mol. The van der Waals surface area contributed by atoms with Crippen molar-refractivity contribution in [1.82, 2.24) is 10.3 Å². The Bertz CT molecular complexity index is 1350. The van der Waals surface area contributed by atoms with Crippen LogP contribution in [0.5, 0.6) is 11.5 Å². The molecule has 1 aromatic heterocycles. The van der Waals surface area contributed by atoms with Crippen LogP contribution in [-0.4, -0.2) is 21.9 Å². The van der Waals surface area contributed by atoms with Crippen molar-refractivity contribution in [3.63, 3.8) is 0 Å². The number of nitrogens with one attached hydrogen (secondary N) is 1. The molecular formula is C26H22N2O5S. The van der Waals surface area contributed by atoms with Gasteiger partial charge in [0, 0.05) is 22.6 Å². The summed E-state index contributed by atoms with van der Waals surface area (Å²) in [5, 5.41) is 2.91. The molecule has 0 unspecified atom stereocenters. The molecule has 0 fully saturated rings. The Labute approximate surface area is 199 Å². The van der Waals surface area contributed by atoms with E-state index >= 15 is 0 Å². The number of aryl methyl sites for hydroxylation is 1. The molecule has 4 aromatic rings. The molecule has 8 heteroatoms. The molecule has 5 rings (SSSR count). The van der Waals surface area contributed by atoms with Gasteiger partial charge in [0.2, 0.25) is 12.7 Å². The molecule has 1 aliphatic heterocycles. The number of nitrogens with zero attached hydrogens (tertiary/aromatic N) is 1. The van der Waals surface area contributed by atoms with Gasteiger partial charge in [-0.05, 0) is 61.0 Å².